The van der Waals surface area contributed by atoms with Crippen molar-refractivity contribution >= 4 is 17.7 Å². The van der Waals surface area contributed by atoms with Gasteiger partial charge >= 0.3 is 0 Å². The second-order valence-electron chi connectivity index (χ2n) is 4.17. The van der Waals surface area contributed by atoms with Crippen molar-refractivity contribution in [1.29, 1.82) is 0 Å². The minimum atomic E-state index is -0.860. The maximum absolute atomic E-state index is 12.8. The zero-order valence-corrected chi connectivity index (χ0v) is 9.49. The van der Waals surface area contributed by atoms with Crippen LogP contribution in [0.3, 0.4) is 0 Å². The van der Waals surface area contributed by atoms with Gasteiger partial charge in [0.2, 0.25) is 5.91 Å². The Morgan fingerprint density at radius 1 is 1.60 bits per heavy atom. The lowest BCUT2D eigenvalue weighted by atomic mass is 10.2. The van der Waals surface area contributed by atoms with Gasteiger partial charge < -0.3 is 10.6 Å². The Morgan fingerprint density at radius 3 is 3.07 bits per heavy atom. The summed E-state index contributed by atoms with van der Waals surface area (Å²) in [5.41, 5.74) is 0. The molecule has 0 saturated carbocycles. The molecule has 2 aliphatic heterocycles. The topological polar surface area (TPSA) is 41.1 Å². The molecule has 2 rings (SSSR count). The molecule has 1 unspecified atom stereocenters. The summed E-state index contributed by atoms with van der Waals surface area (Å²) in [5, 5.41) is 6.35. The quantitative estimate of drug-likeness (QED) is 0.752. The molecule has 86 valence electrons. The molecule has 2 heterocycles. The molecule has 2 N–H and O–H groups in total. The zero-order valence-electron chi connectivity index (χ0n) is 8.67. The average molecular weight is 232 g/mol. The SMILES string of the molecule is O=C(NCC1CCCS1)[C@H]1C[C@H](F)CN1. The van der Waals surface area contributed by atoms with Gasteiger partial charge in [0.05, 0.1) is 6.04 Å². The van der Waals surface area contributed by atoms with Crippen LogP contribution in [0.25, 0.3) is 0 Å². The van der Waals surface area contributed by atoms with E-state index in [4.69, 9.17) is 0 Å². The van der Waals surface area contributed by atoms with Crippen LogP contribution in [0.5, 0.6) is 0 Å². The smallest absolute Gasteiger partial charge is 0.237 e. The van der Waals surface area contributed by atoms with E-state index in [-0.39, 0.29) is 11.9 Å². The highest BCUT2D eigenvalue weighted by molar-refractivity contribution is 8.00. The lowest BCUT2D eigenvalue weighted by Gasteiger charge is -2.13. The van der Waals surface area contributed by atoms with Gasteiger partial charge in [-0.25, -0.2) is 4.39 Å². The molecule has 3 nitrogen and oxygen atoms in total. The summed E-state index contributed by atoms with van der Waals surface area (Å²) in [6, 6.07) is -0.314. The van der Waals surface area contributed by atoms with Crippen LogP contribution in [-0.2, 0) is 4.79 Å². The second-order valence-corrected chi connectivity index (χ2v) is 5.58. The minimum absolute atomic E-state index is 0.0392. The van der Waals surface area contributed by atoms with Crippen molar-refractivity contribution in [2.45, 2.75) is 36.7 Å². The number of carbonyl (C=O) groups excluding carboxylic acids is 1. The highest BCUT2D eigenvalue weighted by Gasteiger charge is 2.29. The van der Waals surface area contributed by atoms with Gasteiger partial charge in [-0.1, -0.05) is 0 Å². The first kappa shape index (κ1) is 11.2. The Kier molecular flexibility index (Phi) is 3.86. The molecule has 2 aliphatic rings. The minimum Gasteiger partial charge on any atom is -0.354 e. The molecular formula is C10H17FN2OS. The lowest BCUT2D eigenvalue weighted by molar-refractivity contribution is -0.122. The molecule has 1 amide bonds. The number of carbonyl (C=O) groups is 1. The first-order valence-corrected chi connectivity index (χ1v) is 6.57. The van der Waals surface area contributed by atoms with Gasteiger partial charge in [-0.2, -0.15) is 11.8 Å². The van der Waals surface area contributed by atoms with Crippen molar-refractivity contribution in [3.63, 3.8) is 0 Å². The van der Waals surface area contributed by atoms with E-state index in [1.807, 2.05) is 11.8 Å². The molecule has 15 heavy (non-hydrogen) atoms. The second kappa shape index (κ2) is 5.16. The van der Waals surface area contributed by atoms with Crippen LogP contribution >= 0.6 is 11.8 Å². The summed E-state index contributed by atoms with van der Waals surface area (Å²) >= 11 is 1.92. The van der Waals surface area contributed by atoms with Crippen LogP contribution in [0.4, 0.5) is 4.39 Å². The molecule has 3 atom stereocenters. The van der Waals surface area contributed by atoms with Gasteiger partial charge in [0, 0.05) is 24.8 Å². The van der Waals surface area contributed by atoms with Gasteiger partial charge in [-0.05, 0) is 18.6 Å². The third-order valence-corrected chi connectivity index (χ3v) is 4.32. The Morgan fingerprint density at radius 2 is 2.47 bits per heavy atom. The summed E-state index contributed by atoms with van der Waals surface area (Å²) in [5.74, 6) is 1.16. The van der Waals surface area contributed by atoms with E-state index in [9.17, 15) is 9.18 Å². The third kappa shape index (κ3) is 3.08. The largest absolute Gasteiger partial charge is 0.354 e. The number of hydrogen-bond acceptors (Lipinski definition) is 3. The standard InChI is InChI=1S/C10H17FN2OS/c11-7-4-9(12-5-7)10(14)13-6-8-2-1-3-15-8/h7-9,12H,1-6H2,(H,13,14)/t7-,8?,9+/m0/s1. The van der Waals surface area contributed by atoms with Crippen LogP contribution in [0.1, 0.15) is 19.3 Å². The van der Waals surface area contributed by atoms with Gasteiger partial charge in [0.25, 0.3) is 0 Å². The molecule has 0 aromatic heterocycles. The van der Waals surface area contributed by atoms with Crippen LogP contribution in [0.2, 0.25) is 0 Å². The van der Waals surface area contributed by atoms with Crippen LogP contribution < -0.4 is 10.6 Å². The monoisotopic (exact) mass is 232 g/mol. The van der Waals surface area contributed by atoms with E-state index in [1.165, 1.54) is 18.6 Å². The number of alkyl halides is 1. The summed E-state index contributed by atoms with van der Waals surface area (Å²) < 4.78 is 12.8. The Balaban J connectivity index is 1.67. The first-order chi connectivity index (χ1) is 7.25. The summed E-state index contributed by atoms with van der Waals surface area (Å²) in [7, 11) is 0. The van der Waals surface area contributed by atoms with E-state index in [0.717, 1.165) is 6.54 Å². The highest BCUT2D eigenvalue weighted by Crippen LogP contribution is 2.25. The van der Waals surface area contributed by atoms with Crippen molar-refractivity contribution in [3.8, 4) is 0 Å². The Bertz CT molecular complexity index is 233. The van der Waals surface area contributed by atoms with E-state index >= 15 is 0 Å². The van der Waals surface area contributed by atoms with Gasteiger partial charge in [0.1, 0.15) is 6.17 Å². The van der Waals surface area contributed by atoms with Crippen molar-refractivity contribution < 1.29 is 9.18 Å². The van der Waals surface area contributed by atoms with E-state index < -0.39 is 6.17 Å². The third-order valence-electron chi connectivity index (χ3n) is 2.92. The molecule has 2 saturated heterocycles. The molecule has 0 aromatic carbocycles. The van der Waals surface area contributed by atoms with Crippen LogP contribution in [0.15, 0.2) is 0 Å². The van der Waals surface area contributed by atoms with Crippen molar-refractivity contribution in [3.05, 3.63) is 0 Å². The number of halogens is 1. The van der Waals surface area contributed by atoms with E-state index in [2.05, 4.69) is 10.6 Å². The summed E-state index contributed by atoms with van der Waals surface area (Å²) in [4.78, 5) is 11.6. The van der Waals surface area contributed by atoms with Crippen LogP contribution in [-0.4, -0.2) is 42.2 Å². The predicted molar refractivity (Wildman–Crippen MR) is 59.8 cm³/mol. The van der Waals surface area contributed by atoms with Crippen LogP contribution in [0, 0.1) is 0 Å². The van der Waals surface area contributed by atoms with E-state index in [0.29, 0.717) is 18.2 Å². The molecule has 0 bridgehead atoms. The fourth-order valence-corrected chi connectivity index (χ4v) is 3.24. The lowest BCUT2D eigenvalue weighted by Crippen LogP contribution is -2.42. The van der Waals surface area contributed by atoms with Gasteiger partial charge in [0.15, 0.2) is 0 Å². The molecule has 5 heteroatoms. The molecule has 0 aromatic rings. The first-order valence-electron chi connectivity index (χ1n) is 5.52. The van der Waals surface area contributed by atoms with Crippen molar-refractivity contribution in [2.75, 3.05) is 18.8 Å². The van der Waals surface area contributed by atoms with Gasteiger partial charge in [-0.15, -0.1) is 0 Å². The normalized spacial score (nSPS) is 35.7. The highest BCUT2D eigenvalue weighted by atomic mass is 32.2. The maximum Gasteiger partial charge on any atom is 0.237 e. The fourth-order valence-electron chi connectivity index (χ4n) is 2.04. The zero-order chi connectivity index (χ0) is 10.7. The fraction of sp³-hybridized carbons (Fsp3) is 0.900. The number of hydrogen-bond donors (Lipinski definition) is 2. The molecular weight excluding hydrogens is 215 g/mol. The molecule has 0 radical (unpaired) electrons. The molecule has 2 fully saturated rings. The number of thioether (sulfide) groups is 1. The number of amides is 1. The number of rotatable bonds is 3. The van der Waals surface area contributed by atoms with Crippen molar-refractivity contribution in [2.24, 2.45) is 0 Å². The Hall–Kier alpha value is -0.290. The van der Waals surface area contributed by atoms with Gasteiger partial charge in [-0.3, -0.25) is 4.79 Å². The molecule has 0 spiro atoms. The summed E-state index contributed by atoms with van der Waals surface area (Å²) in [6.07, 6.45) is 1.90. The van der Waals surface area contributed by atoms with Crippen molar-refractivity contribution in [1.82, 2.24) is 10.6 Å². The summed E-state index contributed by atoms with van der Waals surface area (Å²) in [6.45, 7) is 1.05. The maximum atomic E-state index is 12.8. The molecule has 0 aliphatic carbocycles. The predicted octanol–water partition coefficient (Wildman–Crippen LogP) is 0.698. The average Bonchev–Trinajstić information content (AvgIpc) is 2.84. The Labute approximate surface area is 93.6 Å². The number of nitrogens with one attached hydrogen (secondary N) is 2. The van der Waals surface area contributed by atoms with E-state index in [1.54, 1.807) is 0 Å².